The number of rotatable bonds is 2. The lowest BCUT2D eigenvalue weighted by atomic mass is 10.0. The minimum Gasteiger partial charge on any atom is -0.419 e. The third-order valence-corrected chi connectivity index (χ3v) is 3.54. The van der Waals surface area contributed by atoms with E-state index in [0.29, 0.717) is 18.4 Å². The highest BCUT2D eigenvalue weighted by Crippen LogP contribution is 2.27. The minimum absolute atomic E-state index is 0.251. The SMILES string of the molecule is Cc1ccc(-c2nnc(C3CCCOC3)o2)n1C. The van der Waals surface area contributed by atoms with Crippen molar-refractivity contribution in [2.24, 2.45) is 7.05 Å². The Morgan fingerprint density at radius 3 is 2.89 bits per heavy atom. The van der Waals surface area contributed by atoms with Crippen LogP contribution >= 0.6 is 0 Å². The molecule has 1 unspecified atom stereocenters. The summed E-state index contributed by atoms with van der Waals surface area (Å²) in [6.45, 7) is 3.58. The van der Waals surface area contributed by atoms with Crippen LogP contribution in [-0.4, -0.2) is 28.0 Å². The van der Waals surface area contributed by atoms with Crippen LogP contribution in [0.15, 0.2) is 16.5 Å². The summed E-state index contributed by atoms with van der Waals surface area (Å²) in [6, 6.07) is 4.05. The fourth-order valence-corrected chi connectivity index (χ4v) is 2.27. The Morgan fingerprint density at radius 1 is 1.33 bits per heavy atom. The van der Waals surface area contributed by atoms with Crippen molar-refractivity contribution in [2.45, 2.75) is 25.7 Å². The Bertz CT molecular complexity index is 538. The molecule has 3 heterocycles. The Hall–Kier alpha value is -1.62. The van der Waals surface area contributed by atoms with E-state index in [4.69, 9.17) is 9.15 Å². The summed E-state index contributed by atoms with van der Waals surface area (Å²) in [5.74, 6) is 1.54. The van der Waals surface area contributed by atoms with Crippen molar-refractivity contribution in [2.75, 3.05) is 13.2 Å². The van der Waals surface area contributed by atoms with Crippen LogP contribution in [0.2, 0.25) is 0 Å². The second kappa shape index (κ2) is 4.57. The number of aromatic nitrogens is 3. The molecule has 2 aromatic rings. The van der Waals surface area contributed by atoms with Crippen molar-refractivity contribution in [1.82, 2.24) is 14.8 Å². The van der Waals surface area contributed by atoms with Crippen LogP contribution in [0.1, 0.15) is 30.3 Å². The first-order chi connectivity index (χ1) is 8.75. The van der Waals surface area contributed by atoms with Gasteiger partial charge in [0.2, 0.25) is 5.89 Å². The minimum atomic E-state index is 0.251. The molecule has 5 nitrogen and oxygen atoms in total. The summed E-state index contributed by atoms with van der Waals surface area (Å²) in [4.78, 5) is 0. The zero-order valence-electron chi connectivity index (χ0n) is 10.7. The Kier molecular flexibility index (Phi) is 2.91. The molecule has 0 spiro atoms. The Labute approximate surface area is 106 Å². The van der Waals surface area contributed by atoms with Crippen LogP contribution in [0, 0.1) is 6.92 Å². The number of hydrogen-bond acceptors (Lipinski definition) is 4. The van der Waals surface area contributed by atoms with E-state index in [0.717, 1.165) is 25.1 Å². The maximum absolute atomic E-state index is 5.78. The average Bonchev–Trinajstić information content (AvgIpc) is 3.00. The molecule has 0 bridgehead atoms. The van der Waals surface area contributed by atoms with E-state index in [1.807, 2.05) is 19.2 Å². The van der Waals surface area contributed by atoms with Gasteiger partial charge >= 0.3 is 0 Å². The van der Waals surface area contributed by atoms with E-state index in [1.165, 1.54) is 5.69 Å². The molecule has 0 aliphatic carbocycles. The summed E-state index contributed by atoms with van der Waals surface area (Å²) in [5.41, 5.74) is 2.13. The van der Waals surface area contributed by atoms with Gasteiger partial charge in [-0.05, 0) is 31.9 Å². The first-order valence-electron chi connectivity index (χ1n) is 6.29. The maximum Gasteiger partial charge on any atom is 0.264 e. The number of hydrogen-bond donors (Lipinski definition) is 0. The molecular formula is C13H17N3O2. The predicted octanol–water partition coefficient (Wildman–Crippen LogP) is 2.28. The van der Waals surface area contributed by atoms with Crippen molar-refractivity contribution in [3.05, 3.63) is 23.7 Å². The summed E-state index contributed by atoms with van der Waals surface area (Å²) in [6.07, 6.45) is 2.12. The van der Waals surface area contributed by atoms with Gasteiger partial charge in [0.05, 0.1) is 12.5 Å². The molecule has 2 aromatic heterocycles. The molecule has 18 heavy (non-hydrogen) atoms. The lowest BCUT2D eigenvalue weighted by molar-refractivity contribution is 0.0727. The highest BCUT2D eigenvalue weighted by atomic mass is 16.5. The molecule has 5 heteroatoms. The smallest absolute Gasteiger partial charge is 0.264 e. The lowest BCUT2D eigenvalue weighted by Crippen LogP contribution is -2.15. The first-order valence-corrected chi connectivity index (χ1v) is 6.29. The molecule has 0 N–H and O–H groups in total. The van der Waals surface area contributed by atoms with Crippen molar-refractivity contribution in [3.63, 3.8) is 0 Å². The van der Waals surface area contributed by atoms with Crippen LogP contribution < -0.4 is 0 Å². The second-order valence-electron chi connectivity index (χ2n) is 4.78. The van der Waals surface area contributed by atoms with E-state index < -0.39 is 0 Å². The van der Waals surface area contributed by atoms with Crippen LogP contribution in [0.3, 0.4) is 0 Å². The van der Waals surface area contributed by atoms with Crippen LogP contribution in [0.5, 0.6) is 0 Å². The fraction of sp³-hybridized carbons (Fsp3) is 0.538. The number of ether oxygens (including phenoxy) is 1. The molecule has 0 aromatic carbocycles. The monoisotopic (exact) mass is 247 g/mol. The topological polar surface area (TPSA) is 53.1 Å². The van der Waals surface area contributed by atoms with Crippen LogP contribution in [0.25, 0.3) is 11.6 Å². The Morgan fingerprint density at radius 2 is 2.22 bits per heavy atom. The number of aryl methyl sites for hydroxylation is 1. The van der Waals surface area contributed by atoms with Gasteiger partial charge in [-0.25, -0.2) is 0 Å². The zero-order chi connectivity index (χ0) is 12.5. The summed E-state index contributed by atoms with van der Waals surface area (Å²) in [5, 5.41) is 8.30. The van der Waals surface area contributed by atoms with Gasteiger partial charge in [-0.2, -0.15) is 0 Å². The molecule has 3 rings (SSSR count). The molecule has 1 atom stereocenters. The van der Waals surface area contributed by atoms with Gasteiger partial charge in [-0.15, -0.1) is 10.2 Å². The van der Waals surface area contributed by atoms with Crippen molar-refractivity contribution in [3.8, 4) is 11.6 Å². The third kappa shape index (κ3) is 1.95. The van der Waals surface area contributed by atoms with E-state index in [1.54, 1.807) is 0 Å². The lowest BCUT2D eigenvalue weighted by Gasteiger charge is -2.18. The largest absolute Gasteiger partial charge is 0.419 e. The molecule has 1 fully saturated rings. The Balaban J connectivity index is 1.87. The highest BCUT2D eigenvalue weighted by Gasteiger charge is 2.22. The number of nitrogens with zero attached hydrogens (tertiary/aromatic N) is 3. The standard InChI is InChI=1S/C13H17N3O2/c1-9-5-6-11(16(9)2)13-15-14-12(18-13)10-4-3-7-17-8-10/h5-6,10H,3-4,7-8H2,1-2H3. The molecular weight excluding hydrogens is 230 g/mol. The molecule has 0 amide bonds. The first kappa shape index (κ1) is 11.5. The summed E-state index contributed by atoms with van der Waals surface area (Å²) >= 11 is 0. The predicted molar refractivity (Wildman–Crippen MR) is 66.2 cm³/mol. The quantitative estimate of drug-likeness (QED) is 0.817. The molecule has 1 aliphatic heterocycles. The average molecular weight is 247 g/mol. The van der Waals surface area contributed by atoms with Crippen molar-refractivity contribution < 1.29 is 9.15 Å². The third-order valence-electron chi connectivity index (χ3n) is 3.54. The van der Waals surface area contributed by atoms with Crippen LogP contribution in [-0.2, 0) is 11.8 Å². The van der Waals surface area contributed by atoms with Gasteiger partial charge in [0.1, 0.15) is 5.69 Å². The maximum atomic E-state index is 5.78. The molecule has 1 aliphatic rings. The van der Waals surface area contributed by atoms with Gasteiger partial charge < -0.3 is 13.7 Å². The van der Waals surface area contributed by atoms with Crippen LogP contribution in [0.4, 0.5) is 0 Å². The molecule has 96 valence electrons. The van der Waals surface area contributed by atoms with Crippen molar-refractivity contribution >= 4 is 0 Å². The van der Waals surface area contributed by atoms with Gasteiger partial charge in [0.25, 0.3) is 5.89 Å². The highest BCUT2D eigenvalue weighted by molar-refractivity contribution is 5.48. The van der Waals surface area contributed by atoms with Gasteiger partial charge in [-0.3, -0.25) is 0 Å². The van der Waals surface area contributed by atoms with E-state index in [9.17, 15) is 0 Å². The normalized spacial score (nSPS) is 20.2. The summed E-state index contributed by atoms with van der Waals surface area (Å²) in [7, 11) is 2.00. The van der Waals surface area contributed by atoms with Crippen molar-refractivity contribution in [1.29, 1.82) is 0 Å². The van der Waals surface area contributed by atoms with Gasteiger partial charge in [0, 0.05) is 19.3 Å². The molecule has 0 radical (unpaired) electrons. The zero-order valence-corrected chi connectivity index (χ0v) is 10.7. The van der Waals surface area contributed by atoms with Gasteiger partial charge in [-0.1, -0.05) is 0 Å². The summed E-state index contributed by atoms with van der Waals surface area (Å²) < 4.78 is 13.3. The molecule has 0 saturated carbocycles. The van der Waals surface area contributed by atoms with Gasteiger partial charge in [0.15, 0.2) is 0 Å². The van der Waals surface area contributed by atoms with E-state index >= 15 is 0 Å². The van der Waals surface area contributed by atoms with E-state index in [2.05, 4.69) is 21.7 Å². The second-order valence-corrected chi connectivity index (χ2v) is 4.78. The molecule has 1 saturated heterocycles. The van der Waals surface area contributed by atoms with E-state index in [-0.39, 0.29) is 5.92 Å². The fourth-order valence-electron chi connectivity index (χ4n) is 2.27.